The molecule has 0 aromatic rings. The van der Waals surface area contributed by atoms with Crippen LogP contribution in [0.2, 0.25) is 0 Å². The van der Waals surface area contributed by atoms with Crippen molar-refractivity contribution in [2.24, 2.45) is 17.8 Å². The van der Waals surface area contributed by atoms with Crippen LogP contribution in [0.25, 0.3) is 0 Å². The van der Waals surface area contributed by atoms with Gasteiger partial charge in [-0.1, -0.05) is 51.2 Å². The highest BCUT2D eigenvalue weighted by Crippen LogP contribution is 2.41. The number of unbranched alkanes of at least 4 members (excludes halogenated alkanes) is 6. The second kappa shape index (κ2) is 12.9. The van der Waals surface area contributed by atoms with Crippen LogP contribution >= 0.6 is 0 Å². The van der Waals surface area contributed by atoms with Crippen molar-refractivity contribution in [3.63, 3.8) is 0 Å². The molecule has 2 N–H and O–H groups in total. The lowest BCUT2D eigenvalue weighted by Crippen LogP contribution is -2.21. The van der Waals surface area contributed by atoms with Crippen LogP contribution in [0.4, 0.5) is 4.39 Å². The van der Waals surface area contributed by atoms with Crippen LogP contribution in [0.3, 0.4) is 0 Å². The maximum atomic E-state index is 13.0. The van der Waals surface area contributed by atoms with Gasteiger partial charge in [0.25, 0.3) is 0 Å². The van der Waals surface area contributed by atoms with Gasteiger partial charge in [-0.3, -0.25) is 4.79 Å². The smallest absolute Gasteiger partial charge is 0.338 e. The predicted octanol–water partition coefficient (Wildman–Crippen LogP) is 5.61. The number of carboxylic acid groups (broad SMARTS) is 2. The Labute approximate surface area is 156 Å². The highest BCUT2D eigenvalue weighted by atomic mass is 19.1. The number of alkyl halides is 1. The molecule has 4 atom stereocenters. The van der Waals surface area contributed by atoms with Crippen molar-refractivity contribution in [2.45, 2.75) is 90.1 Å². The van der Waals surface area contributed by atoms with Crippen LogP contribution in [0.5, 0.6) is 0 Å². The normalized spacial score (nSPS) is 24.2. The Hall–Kier alpha value is -1.39. The summed E-state index contributed by atoms with van der Waals surface area (Å²) >= 11 is 0. The van der Waals surface area contributed by atoms with Crippen molar-refractivity contribution in [3.05, 3.63) is 12.2 Å². The van der Waals surface area contributed by atoms with Crippen LogP contribution < -0.4 is 0 Å². The number of carbonyl (C=O) groups is 2. The number of hydrogen-bond acceptors (Lipinski definition) is 2. The van der Waals surface area contributed by atoms with Gasteiger partial charge in [0.05, 0.1) is 5.92 Å². The molecule has 1 saturated carbocycles. The molecule has 0 radical (unpaired) electrons. The number of halogens is 1. The number of carboxylic acids is 2. The number of allylic oxidation sites excluding steroid dienone is 2. The van der Waals surface area contributed by atoms with E-state index in [4.69, 9.17) is 5.11 Å². The first-order chi connectivity index (χ1) is 12.5. The van der Waals surface area contributed by atoms with E-state index in [-0.39, 0.29) is 18.3 Å². The van der Waals surface area contributed by atoms with E-state index in [1.54, 1.807) is 0 Å². The van der Waals surface area contributed by atoms with Gasteiger partial charge in [0.2, 0.25) is 0 Å². The Morgan fingerprint density at radius 2 is 1.81 bits per heavy atom. The Kier molecular flexibility index (Phi) is 11.2. The fraction of sp³-hybridized carbons (Fsp3) is 0.810. The zero-order valence-corrected chi connectivity index (χ0v) is 16.0. The molecule has 1 aliphatic carbocycles. The largest absolute Gasteiger partial charge is 0.481 e. The monoisotopic (exact) mass is 370 g/mol. The highest BCUT2D eigenvalue weighted by molar-refractivity contribution is 5.72. The van der Waals surface area contributed by atoms with E-state index < -0.39 is 18.1 Å². The third-order valence-electron chi connectivity index (χ3n) is 5.57. The molecule has 150 valence electrons. The van der Waals surface area contributed by atoms with Gasteiger partial charge >= 0.3 is 11.9 Å². The van der Waals surface area contributed by atoms with Gasteiger partial charge in [0, 0.05) is 0 Å². The molecule has 0 bridgehead atoms. The average molecular weight is 371 g/mol. The third kappa shape index (κ3) is 8.33. The zero-order chi connectivity index (χ0) is 19.4. The standard InChI is InChI=1S/C21H35FO4/c1-2-3-4-5-6-8-11-16-14-15-18(20(23)24)17(16)12-9-7-10-13-19(22)21(25)26/h8,11,16-19H,2-7,9-10,12-15H2,1H3,(H,23,24)(H,25,26)/t16-,17+,18+,19?/m0/s1. The Bertz CT molecular complexity index is 449. The summed E-state index contributed by atoms with van der Waals surface area (Å²) in [5, 5.41) is 18.0. The lowest BCUT2D eigenvalue weighted by Gasteiger charge is -2.20. The number of hydrogen-bond donors (Lipinski definition) is 2. The Morgan fingerprint density at radius 3 is 2.46 bits per heavy atom. The molecular weight excluding hydrogens is 335 g/mol. The fourth-order valence-corrected chi connectivity index (χ4v) is 4.02. The van der Waals surface area contributed by atoms with E-state index in [0.717, 1.165) is 38.5 Å². The topological polar surface area (TPSA) is 74.6 Å². The van der Waals surface area contributed by atoms with Crippen LogP contribution in [0.15, 0.2) is 12.2 Å². The van der Waals surface area contributed by atoms with Crippen molar-refractivity contribution in [3.8, 4) is 0 Å². The molecule has 0 aromatic carbocycles. The quantitative estimate of drug-likeness (QED) is 0.308. The van der Waals surface area contributed by atoms with Crippen molar-refractivity contribution < 1.29 is 24.2 Å². The van der Waals surface area contributed by atoms with Crippen LogP contribution in [-0.4, -0.2) is 28.3 Å². The minimum atomic E-state index is -1.78. The van der Waals surface area contributed by atoms with Gasteiger partial charge in [0.1, 0.15) is 0 Å². The molecule has 26 heavy (non-hydrogen) atoms. The van der Waals surface area contributed by atoms with Gasteiger partial charge in [0.15, 0.2) is 6.17 Å². The van der Waals surface area contributed by atoms with Crippen LogP contribution in [-0.2, 0) is 9.59 Å². The maximum absolute atomic E-state index is 13.0. The van der Waals surface area contributed by atoms with Gasteiger partial charge in [-0.05, 0) is 56.8 Å². The van der Waals surface area contributed by atoms with Crippen molar-refractivity contribution in [1.29, 1.82) is 0 Å². The lowest BCUT2D eigenvalue weighted by molar-refractivity contribution is -0.144. The van der Waals surface area contributed by atoms with E-state index >= 15 is 0 Å². The van der Waals surface area contributed by atoms with E-state index in [1.807, 2.05) is 0 Å². The summed E-state index contributed by atoms with van der Waals surface area (Å²) in [5.74, 6) is -1.90. The SMILES string of the molecule is CCCCCCC=C[C@H]1CC[C@@H](C(=O)O)[C@@H]1CCCCCC(F)C(=O)O. The summed E-state index contributed by atoms with van der Waals surface area (Å²) in [7, 11) is 0. The summed E-state index contributed by atoms with van der Waals surface area (Å²) in [5.41, 5.74) is 0. The molecule has 0 spiro atoms. The summed E-state index contributed by atoms with van der Waals surface area (Å²) in [4.78, 5) is 22.0. The molecule has 1 fully saturated rings. The molecule has 0 saturated heterocycles. The summed E-state index contributed by atoms with van der Waals surface area (Å²) in [6.45, 7) is 2.19. The van der Waals surface area contributed by atoms with Crippen molar-refractivity contribution >= 4 is 11.9 Å². The second-order valence-corrected chi connectivity index (χ2v) is 7.57. The van der Waals surface area contributed by atoms with E-state index in [0.29, 0.717) is 12.3 Å². The Morgan fingerprint density at radius 1 is 1.08 bits per heavy atom. The first kappa shape index (κ1) is 22.7. The molecular formula is C21H35FO4. The lowest BCUT2D eigenvalue weighted by atomic mass is 9.84. The molecule has 1 rings (SSSR count). The van der Waals surface area contributed by atoms with Crippen LogP contribution in [0, 0.1) is 17.8 Å². The Balaban J connectivity index is 2.38. The minimum Gasteiger partial charge on any atom is -0.481 e. The van der Waals surface area contributed by atoms with Gasteiger partial charge in [-0.15, -0.1) is 0 Å². The minimum absolute atomic E-state index is 0.0451. The molecule has 1 unspecified atom stereocenters. The molecule has 0 amide bonds. The third-order valence-corrected chi connectivity index (χ3v) is 5.57. The zero-order valence-electron chi connectivity index (χ0n) is 16.0. The van der Waals surface area contributed by atoms with E-state index in [2.05, 4.69) is 19.1 Å². The molecule has 4 nitrogen and oxygen atoms in total. The molecule has 0 aliphatic heterocycles. The summed E-state index contributed by atoms with van der Waals surface area (Å²) in [6, 6.07) is 0. The number of aliphatic carboxylic acids is 2. The molecule has 5 heteroatoms. The van der Waals surface area contributed by atoms with E-state index in [9.17, 15) is 19.1 Å². The van der Waals surface area contributed by atoms with Crippen molar-refractivity contribution in [1.82, 2.24) is 0 Å². The summed E-state index contributed by atoms with van der Waals surface area (Å²) in [6.07, 6.45) is 13.3. The molecule has 1 aliphatic rings. The first-order valence-corrected chi connectivity index (χ1v) is 10.2. The predicted molar refractivity (Wildman–Crippen MR) is 101 cm³/mol. The van der Waals surface area contributed by atoms with Crippen LogP contribution in [0.1, 0.15) is 84.0 Å². The summed E-state index contributed by atoms with van der Waals surface area (Å²) < 4.78 is 13.0. The average Bonchev–Trinajstić information content (AvgIpc) is 3.00. The van der Waals surface area contributed by atoms with Gasteiger partial charge in [-0.2, -0.15) is 0 Å². The second-order valence-electron chi connectivity index (χ2n) is 7.57. The fourth-order valence-electron chi connectivity index (χ4n) is 4.02. The molecule has 0 heterocycles. The highest BCUT2D eigenvalue weighted by Gasteiger charge is 2.38. The first-order valence-electron chi connectivity index (χ1n) is 10.2. The van der Waals surface area contributed by atoms with Gasteiger partial charge in [-0.25, -0.2) is 9.18 Å². The van der Waals surface area contributed by atoms with Crippen molar-refractivity contribution in [2.75, 3.05) is 0 Å². The van der Waals surface area contributed by atoms with Gasteiger partial charge < -0.3 is 10.2 Å². The van der Waals surface area contributed by atoms with E-state index in [1.165, 1.54) is 25.7 Å². The maximum Gasteiger partial charge on any atom is 0.338 e. The molecule has 0 aromatic heterocycles. The number of rotatable bonds is 14.